The van der Waals surface area contributed by atoms with E-state index < -0.39 is 11.7 Å². The molecule has 2 N–H and O–H groups in total. The third-order valence-electron chi connectivity index (χ3n) is 9.67. The number of hydrogen-bond acceptors (Lipinski definition) is 6. The Balaban J connectivity index is 1.09. The fraction of sp³-hybridized carbons (Fsp3) is 0.500. The summed E-state index contributed by atoms with van der Waals surface area (Å²) in [6, 6.07) is 16.6. The maximum atomic E-state index is 14.0. The number of hydrogen-bond donors (Lipinski definition) is 2. The smallest absolute Gasteiger partial charge is 0.407 e. The van der Waals surface area contributed by atoms with Gasteiger partial charge in [-0.15, -0.1) is 0 Å². The molecule has 1 atom stereocenters. The van der Waals surface area contributed by atoms with Crippen LogP contribution in [0.5, 0.6) is 5.75 Å². The number of carbonyl (C=O) groups is 3. The van der Waals surface area contributed by atoms with Gasteiger partial charge in [-0.3, -0.25) is 14.7 Å². The number of carboxylic acid groups (broad SMARTS) is 1. The number of nitrogens with zero attached hydrogens (tertiary/aromatic N) is 5. The van der Waals surface area contributed by atoms with Crippen molar-refractivity contribution in [1.82, 2.24) is 24.9 Å². The monoisotopic (exact) mass is 642 g/mol. The molecule has 2 aromatic carbocycles. The van der Waals surface area contributed by atoms with Crippen LogP contribution in [0.15, 0.2) is 48.5 Å². The molecule has 0 spiro atoms. The quantitative estimate of drug-likeness (QED) is 0.334. The largest absolute Gasteiger partial charge is 0.478 e. The normalized spacial score (nSPS) is 18.6. The number of aryl methyl sites for hydroxylation is 2. The Morgan fingerprint density at radius 3 is 2.32 bits per heavy atom. The lowest BCUT2D eigenvalue weighted by molar-refractivity contribution is -0.147. The Labute approximate surface area is 276 Å². The molecule has 1 unspecified atom stereocenters. The first-order valence-electron chi connectivity index (χ1n) is 16.7. The van der Waals surface area contributed by atoms with Crippen molar-refractivity contribution in [3.63, 3.8) is 0 Å². The molecule has 3 amide bonds. The molecule has 1 aromatic heterocycles. The summed E-state index contributed by atoms with van der Waals surface area (Å²) in [5.41, 5.74) is 5.27. The number of piperazine rings is 1. The van der Waals surface area contributed by atoms with Gasteiger partial charge in [0, 0.05) is 74.9 Å². The number of carbonyl (C=O) groups excluding carboxylic acids is 2. The molecule has 1 saturated carbocycles. The minimum Gasteiger partial charge on any atom is -0.478 e. The van der Waals surface area contributed by atoms with E-state index in [1.807, 2.05) is 38.1 Å². The summed E-state index contributed by atoms with van der Waals surface area (Å²) in [7, 11) is 0. The summed E-state index contributed by atoms with van der Waals surface area (Å²) in [6.45, 7) is 10.9. The molecule has 0 radical (unpaired) electrons. The topological polar surface area (TPSA) is 122 Å². The van der Waals surface area contributed by atoms with Crippen molar-refractivity contribution in [3.05, 3.63) is 65.5 Å². The zero-order valence-corrected chi connectivity index (χ0v) is 27.9. The Kier molecular flexibility index (Phi) is 9.16. The first kappa shape index (κ1) is 32.4. The SMILES string of the molecule is Cc1n[nH]c(C)c1-c1ccc(CN(C(=O)C2CCCN(c3cccc(OC(C)(C)C(=O)N4CCN(C(=O)O)CC4)c3)C2)C2CC2)cc1. The first-order valence-corrected chi connectivity index (χ1v) is 16.7. The number of H-pyrrole nitrogens is 1. The molecule has 6 rings (SSSR count). The summed E-state index contributed by atoms with van der Waals surface area (Å²) >= 11 is 0. The van der Waals surface area contributed by atoms with E-state index in [1.54, 1.807) is 18.7 Å². The Hall–Kier alpha value is -4.54. The number of piperidine rings is 1. The molecule has 11 heteroatoms. The maximum Gasteiger partial charge on any atom is 0.407 e. The highest BCUT2D eigenvalue weighted by Crippen LogP contribution is 2.34. The van der Waals surface area contributed by atoms with Gasteiger partial charge in [0.25, 0.3) is 5.91 Å². The van der Waals surface area contributed by atoms with Crippen LogP contribution in [0, 0.1) is 19.8 Å². The van der Waals surface area contributed by atoms with Crippen molar-refractivity contribution in [2.24, 2.45) is 5.92 Å². The second-order valence-electron chi connectivity index (χ2n) is 13.7. The standard InChI is InChI=1S/C36H46N6O5/c1-24-32(25(2)38-37-24)27-12-10-26(11-13-27)22-42(29-14-15-29)33(43)28-7-6-16-41(23-28)30-8-5-9-31(21-30)47-36(3,4)34(44)39-17-19-40(20-18-39)35(45)46/h5,8-13,21,28-29H,6-7,14-20,22-23H2,1-4H3,(H,37,38)(H,45,46). The molecule has 3 fully saturated rings. The summed E-state index contributed by atoms with van der Waals surface area (Å²) in [5, 5.41) is 16.6. The van der Waals surface area contributed by atoms with E-state index in [9.17, 15) is 19.5 Å². The van der Waals surface area contributed by atoms with Crippen molar-refractivity contribution in [1.29, 1.82) is 0 Å². The fourth-order valence-electron chi connectivity index (χ4n) is 6.93. The number of aromatic amines is 1. The number of anilines is 1. The lowest BCUT2D eigenvalue weighted by Gasteiger charge is -2.38. The highest BCUT2D eigenvalue weighted by atomic mass is 16.5. The third kappa shape index (κ3) is 7.24. The number of rotatable bonds is 9. The number of aromatic nitrogens is 2. The highest BCUT2D eigenvalue weighted by Gasteiger charge is 2.38. The van der Waals surface area contributed by atoms with Gasteiger partial charge < -0.3 is 29.4 Å². The number of ether oxygens (including phenoxy) is 1. The zero-order chi connectivity index (χ0) is 33.3. The average Bonchev–Trinajstić information content (AvgIpc) is 3.86. The van der Waals surface area contributed by atoms with Crippen LogP contribution in [0.1, 0.15) is 56.5 Å². The van der Waals surface area contributed by atoms with Crippen LogP contribution < -0.4 is 9.64 Å². The van der Waals surface area contributed by atoms with E-state index in [-0.39, 0.29) is 30.8 Å². The molecule has 47 heavy (non-hydrogen) atoms. The number of amides is 3. The lowest BCUT2D eigenvalue weighted by atomic mass is 9.95. The zero-order valence-electron chi connectivity index (χ0n) is 27.9. The Morgan fingerprint density at radius 2 is 1.68 bits per heavy atom. The molecule has 250 valence electrons. The molecule has 2 saturated heterocycles. The molecule has 3 aliphatic rings. The minimum absolute atomic E-state index is 0.0908. The van der Waals surface area contributed by atoms with E-state index >= 15 is 0 Å². The fourth-order valence-corrected chi connectivity index (χ4v) is 6.93. The van der Waals surface area contributed by atoms with Gasteiger partial charge in [0.05, 0.1) is 11.6 Å². The number of benzene rings is 2. The van der Waals surface area contributed by atoms with E-state index in [2.05, 4.69) is 44.3 Å². The predicted octanol–water partition coefficient (Wildman–Crippen LogP) is 5.08. The molecule has 11 nitrogen and oxygen atoms in total. The molecule has 2 aliphatic heterocycles. The molecular weight excluding hydrogens is 596 g/mol. The van der Waals surface area contributed by atoms with Crippen LogP contribution in [-0.2, 0) is 16.1 Å². The van der Waals surface area contributed by atoms with Gasteiger partial charge in [-0.05, 0) is 76.6 Å². The van der Waals surface area contributed by atoms with Gasteiger partial charge in [0.1, 0.15) is 5.75 Å². The van der Waals surface area contributed by atoms with Crippen molar-refractivity contribution >= 4 is 23.6 Å². The van der Waals surface area contributed by atoms with E-state index in [0.29, 0.717) is 38.0 Å². The lowest BCUT2D eigenvalue weighted by Crippen LogP contribution is -2.56. The van der Waals surface area contributed by atoms with Gasteiger partial charge in [-0.25, -0.2) is 4.79 Å². The van der Waals surface area contributed by atoms with Gasteiger partial charge in [0.2, 0.25) is 5.91 Å². The second kappa shape index (κ2) is 13.3. The molecule has 1 aliphatic carbocycles. The van der Waals surface area contributed by atoms with Gasteiger partial charge in [-0.2, -0.15) is 5.10 Å². The van der Waals surface area contributed by atoms with Gasteiger partial charge in [0.15, 0.2) is 5.60 Å². The molecular formula is C36H46N6O5. The van der Waals surface area contributed by atoms with Crippen LogP contribution in [-0.4, -0.2) is 98.8 Å². The third-order valence-corrected chi connectivity index (χ3v) is 9.67. The Morgan fingerprint density at radius 1 is 0.979 bits per heavy atom. The van der Waals surface area contributed by atoms with Gasteiger partial charge in [-0.1, -0.05) is 30.3 Å². The summed E-state index contributed by atoms with van der Waals surface area (Å²) < 4.78 is 6.26. The van der Waals surface area contributed by atoms with Crippen molar-refractivity contribution < 1.29 is 24.2 Å². The van der Waals surface area contributed by atoms with Crippen LogP contribution in [0.2, 0.25) is 0 Å². The summed E-state index contributed by atoms with van der Waals surface area (Å²) in [5.74, 6) is 0.553. The van der Waals surface area contributed by atoms with Crippen molar-refractivity contribution in [2.75, 3.05) is 44.2 Å². The minimum atomic E-state index is -1.12. The van der Waals surface area contributed by atoms with E-state index in [4.69, 9.17) is 4.74 Å². The Bertz CT molecular complexity index is 1590. The van der Waals surface area contributed by atoms with E-state index in [1.165, 1.54) is 4.90 Å². The second-order valence-corrected chi connectivity index (χ2v) is 13.7. The van der Waals surface area contributed by atoms with Crippen LogP contribution in [0.4, 0.5) is 10.5 Å². The summed E-state index contributed by atoms with van der Waals surface area (Å²) in [4.78, 5) is 46.0. The van der Waals surface area contributed by atoms with Crippen LogP contribution in [0.3, 0.4) is 0 Å². The summed E-state index contributed by atoms with van der Waals surface area (Å²) in [6.07, 6.45) is 2.93. The van der Waals surface area contributed by atoms with Crippen LogP contribution in [0.25, 0.3) is 11.1 Å². The maximum absolute atomic E-state index is 14.0. The molecule has 0 bridgehead atoms. The highest BCUT2D eigenvalue weighted by molar-refractivity contribution is 5.85. The number of nitrogens with one attached hydrogen (secondary N) is 1. The van der Waals surface area contributed by atoms with Crippen molar-refractivity contribution in [3.8, 4) is 16.9 Å². The van der Waals surface area contributed by atoms with E-state index in [0.717, 1.165) is 66.0 Å². The molecule has 3 heterocycles. The van der Waals surface area contributed by atoms with Crippen LogP contribution >= 0.6 is 0 Å². The first-order chi connectivity index (χ1) is 22.5. The van der Waals surface area contributed by atoms with Crippen molar-refractivity contribution in [2.45, 2.75) is 71.6 Å². The van der Waals surface area contributed by atoms with Gasteiger partial charge >= 0.3 is 6.09 Å². The average molecular weight is 643 g/mol. The predicted molar refractivity (Wildman–Crippen MR) is 179 cm³/mol. The molecule has 3 aromatic rings.